The lowest BCUT2D eigenvalue weighted by Crippen LogP contribution is -2.24. The van der Waals surface area contributed by atoms with Crippen molar-refractivity contribution < 1.29 is 9.59 Å². The average Bonchev–Trinajstić information content (AvgIpc) is 3.05. The Bertz CT molecular complexity index is 651. The van der Waals surface area contributed by atoms with E-state index in [0.29, 0.717) is 11.4 Å². The number of hydrogen-bond donors (Lipinski definition) is 1. The molecule has 1 aromatic carbocycles. The number of thiophene rings is 1. The lowest BCUT2D eigenvalue weighted by Gasteiger charge is -2.14. The van der Waals surface area contributed by atoms with E-state index < -0.39 is 0 Å². The first-order valence-corrected chi connectivity index (χ1v) is 8.49. The second-order valence-electron chi connectivity index (χ2n) is 5.68. The zero-order valence-electron chi connectivity index (χ0n) is 13.5. The lowest BCUT2D eigenvalue weighted by atomic mass is 10.1. The monoisotopic (exact) mass is 330 g/mol. The fraction of sp³-hybridized carbons (Fsp3) is 0.333. The number of rotatable bonds is 8. The molecule has 0 fully saturated rings. The van der Waals surface area contributed by atoms with Gasteiger partial charge in [-0.1, -0.05) is 30.3 Å². The molecule has 0 unspecified atom stereocenters. The van der Waals surface area contributed by atoms with Crippen LogP contribution in [0.3, 0.4) is 0 Å². The second-order valence-corrected chi connectivity index (χ2v) is 6.63. The molecule has 1 aromatic heterocycles. The van der Waals surface area contributed by atoms with Crippen LogP contribution < -0.4 is 5.32 Å². The smallest absolute Gasteiger partial charge is 0.220 e. The van der Waals surface area contributed by atoms with Gasteiger partial charge in [0.2, 0.25) is 5.91 Å². The standard InChI is InChI=1S/C18H22N2O2S/c1-20(2)13-15-7-4-3-6-14(15)12-19-18(22)10-9-16(21)17-8-5-11-23-17/h3-8,11H,9-10,12-13H2,1-2H3,(H,19,22). The van der Waals surface area contributed by atoms with Gasteiger partial charge in [-0.05, 0) is 36.7 Å². The van der Waals surface area contributed by atoms with Gasteiger partial charge in [0, 0.05) is 25.9 Å². The van der Waals surface area contributed by atoms with Crippen LogP contribution >= 0.6 is 11.3 Å². The van der Waals surface area contributed by atoms with Crippen molar-refractivity contribution in [1.82, 2.24) is 10.2 Å². The molecule has 4 nitrogen and oxygen atoms in total. The molecule has 0 radical (unpaired) electrons. The Labute approximate surface area is 141 Å². The summed E-state index contributed by atoms with van der Waals surface area (Å²) in [6.07, 6.45) is 0.484. The van der Waals surface area contributed by atoms with Gasteiger partial charge >= 0.3 is 0 Å². The second kappa shape index (κ2) is 8.60. The van der Waals surface area contributed by atoms with Gasteiger partial charge in [0.1, 0.15) is 0 Å². The third-order valence-electron chi connectivity index (χ3n) is 3.46. The number of benzene rings is 1. The molecule has 0 saturated heterocycles. The molecule has 0 saturated carbocycles. The van der Waals surface area contributed by atoms with E-state index >= 15 is 0 Å². The molecule has 1 N–H and O–H groups in total. The molecule has 2 rings (SSSR count). The van der Waals surface area contributed by atoms with Gasteiger partial charge in [0.05, 0.1) is 4.88 Å². The van der Waals surface area contributed by atoms with Crippen LogP contribution in [0.4, 0.5) is 0 Å². The molecule has 0 aliphatic heterocycles. The van der Waals surface area contributed by atoms with Crippen molar-refractivity contribution >= 4 is 23.0 Å². The molecule has 2 aromatic rings. The largest absolute Gasteiger partial charge is 0.352 e. The van der Waals surface area contributed by atoms with Crippen LogP contribution in [-0.4, -0.2) is 30.7 Å². The third-order valence-corrected chi connectivity index (χ3v) is 4.37. The maximum Gasteiger partial charge on any atom is 0.220 e. The van der Waals surface area contributed by atoms with Crippen LogP contribution in [-0.2, 0) is 17.9 Å². The fourth-order valence-corrected chi connectivity index (χ4v) is 2.99. The molecule has 0 atom stereocenters. The lowest BCUT2D eigenvalue weighted by molar-refractivity contribution is -0.121. The maximum absolute atomic E-state index is 12.0. The Morgan fingerprint density at radius 2 is 1.78 bits per heavy atom. The summed E-state index contributed by atoms with van der Waals surface area (Å²) in [6.45, 7) is 1.33. The van der Waals surface area contributed by atoms with Gasteiger partial charge in [-0.3, -0.25) is 9.59 Å². The minimum atomic E-state index is -0.0884. The van der Waals surface area contributed by atoms with Crippen LogP contribution in [0.5, 0.6) is 0 Å². The number of amides is 1. The van der Waals surface area contributed by atoms with Crippen molar-refractivity contribution in [2.24, 2.45) is 0 Å². The number of ketones is 1. The summed E-state index contributed by atoms with van der Waals surface area (Å²) >= 11 is 1.41. The summed E-state index contributed by atoms with van der Waals surface area (Å²) in [5.74, 6) is -0.0577. The van der Waals surface area contributed by atoms with Crippen LogP contribution in [0.15, 0.2) is 41.8 Å². The summed E-state index contributed by atoms with van der Waals surface area (Å²) < 4.78 is 0. The molecule has 23 heavy (non-hydrogen) atoms. The fourth-order valence-electron chi connectivity index (χ4n) is 2.29. The van der Waals surface area contributed by atoms with Crippen LogP contribution in [0, 0.1) is 0 Å². The molecule has 0 aliphatic rings. The molecular formula is C18H22N2O2S. The van der Waals surface area contributed by atoms with Crippen molar-refractivity contribution in [3.8, 4) is 0 Å². The first kappa shape index (κ1) is 17.4. The van der Waals surface area contributed by atoms with Gasteiger partial charge in [0.25, 0.3) is 0 Å². The zero-order valence-corrected chi connectivity index (χ0v) is 14.4. The summed E-state index contributed by atoms with van der Waals surface area (Å²) in [6, 6.07) is 11.7. The van der Waals surface area contributed by atoms with Gasteiger partial charge in [0.15, 0.2) is 5.78 Å². The Morgan fingerprint density at radius 3 is 2.43 bits per heavy atom. The summed E-state index contributed by atoms with van der Waals surface area (Å²) in [5, 5.41) is 4.78. The highest BCUT2D eigenvalue weighted by Gasteiger charge is 2.10. The summed E-state index contributed by atoms with van der Waals surface area (Å²) in [7, 11) is 4.04. The third kappa shape index (κ3) is 5.62. The number of carbonyl (C=O) groups excluding carboxylic acids is 2. The van der Waals surface area contributed by atoms with E-state index in [1.807, 2.05) is 43.7 Å². The number of carbonyl (C=O) groups is 2. The Morgan fingerprint density at radius 1 is 1.04 bits per heavy atom. The predicted octanol–water partition coefficient (Wildman–Crippen LogP) is 3.09. The highest BCUT2D eigenvalue weighted by Crippen LogP contribution is 2.13. The van der Waals surface area contributed by atoms with E-state index in [4.69, 9.17) is 0 Å². The van der Waals surface area contributed by atoms with Gasteiger partial charge in [-0.25, -0.2) is 0 Å². The summed E-state index contributed by atoms with van der Waals surface area (Å²) in [5.41, 5.74) is 2.31. The van der Waals surface area contributed by atoms with Gasteiger partial charge < -0.3 is 10.2 Å². The van der Waals surface area contributed by atoms with E-state index in [1.165, 1.54) is 16.9 Å². The van der Waals surface area contributed by atoms with Crippen LogP contribution in [0.2, 0.25) is 0 Å². The molecule has 122 valence electrons. The minimum Gasteiger partial charge on any atom is -0.352 e. The van der Waals surface area contributed by atoms with E-state index in [-0.39, 0.29) is 24.5 Å². The normalized spacial score (nSPS) is 10.7. The van der Waals surface area contributed by atoms with E-state index in [2.05, 4.69) is 16.3 Å². The molecule has 1 amide bonds. The number of Topliss-reactive ketones (excluding diaryl/α,β-unsaturated/α-hetero) is 1. The highest BCUT2D eigenvalue weighted by molar-refractivity contribution is 7.12. The van der Waals surface area contributed by atoms with Crippen molar-refractivity contribution in [3.63, 3.8) is 0 Å². The predicted molar refractivity (Wildman–Crippen MR) is 93.6 cm³/mol. The first-order valence-electron chi connectivity index (χ1n) is 7.61. The first-order chi connectivity index (χ1) is 11.1. The highest BCUT2D eigenvalue weighted by atomic mass is 32.1. The molecule has 0 spiro atoms. The maximum atomic E-state index is 12.0. The number of hydrogen-bond acceptors (Lipinski definition) is 4. The number of nitrogens with zero attached hydrogens (tertiary/aromatic N) is 1. The van der Waals surface area contributed by atoms with Crippen molar-refractivity contribution in [2.45, 2.75) is 25.9 Å². The van der Waals surface area contributed by atoms with E-state index in [0.717, 1.165) is 12.1 Å². The quantitative estimate of drug-likeness (QED) is 0.757. The average molecular weight is 330 g/mol. The van der Waals surface area contributed by atoms with E-state index in [9.17, 15) is 9.59 Å². The molecule has 1 heterocycles. The van der Waals surface area contributed by atoms with Gasteiger partial charge in [-0.15, -0.1) is 11.3 Å². The van der Waals surface area contributed by atoms with Gasteiger partial charge in [-0.2, -0.15) is 0 Å². The van der Waals surface area contributed by atoms with Crippen molar-refractivity contribution in [3.05, 3.63) is 57.8 Å². The topological polar surface area (TPSA) is 49.4 Å². The zero-order chi connectivity index (χ0) is 16.7. The van der Waals surface area contributed by atoms with Crippen molar-refractivity contribution in [1.29, 1.82) is 0 Å². The van der Waals surface area contributed by atoms with Crippen molar-refractivity contribution in [2.75, 3.05) is 14.1 Å². The number of nitrogens with one attached hydrogen (secondary N) is 1. The molecule has 0 bridgehead atoms. The SMILES string of the molecule is CN(C)Cc1ccccc1CNC(=O)CCC(=O)c1cccs1. The van der Waals surface area contributed by atoms with Crippen LogP contribution in [0.25, 0.3) is 0 Å². The molecule has 5 heteroatoms. The van der Waals surface area contributed by atoms with Crippen LogP contribution in [0.1, 0.15) is 33.6 Å². The molecular weight excluding hydrogens is 308 g/mol. The Balaban J connectivity index is 1.81. The molecule has 0 aliphatic carbocycles. The minimum absolute atomic E-state index is 0.0307. The van der Waals surface area contributed by atoms with E-state index in [1.54, 1.807) is 6.07 Å². The summed E-state index contributed by atoms with van der Waals surface area (Å²) in [4.78, 5) is 26.7. The Kier molecular flexibility index (Phi) is 6.50. The Hall–Kier alpha value is -1.98.